The van der Waals surface area contributed by atoms with Crippen molar-refractivity contribution in [3.63, 3.8) is 0 Å². The van der Waals surface area contributed by atoms with E-state index in [9.17, 15) is 0 Å². The van der Waals surface area contributed by atoms with E-state index in [0.717, 1.165) is 0 Å². The van der Waals surface area contributed by atoms with Crippen LogP contribution in [-0.4, -0.2) is 8.80 Å². The minimum absolute atomic E-state index is 0.554. The molecule has 0 fully saturated rings. The molecule has 0 bridgehead atoms. The van der Waals surface area contributed by atoms with E-state index in [2.05, 4.69) is 32.2 Å². The molecule has 0 aliphatic carbocycles. The van der Waals surface area contributed by atoms with Crippen molar-refractivity contribution in [2.75, 3.05) is 0 Å². The molecule has 0 saturated heterocycles. The second kappa shape index (κ2) is 4.66. The van der Waals surface area contributed by atoms with Gasteiger partial charge in [-0.3, -0.25) is 0 Å². The monoisotopic (exact) mass is 180 g/mol. The summed E-state index contributed by atoms with van der Waals surface area (Å²) in [6.45, 7) is 7.01. The van der Waals surface area contributed by atoms with Crippen molar-refractivity contribution in [3.8, 4) is 0 Å². The Balaban J connectivity index is 2.37. The van der Waals surface area contributed by atoms with Gasteiger partial charge in [0.05, 0.1) is 8.80 Å². The summed E-state index contributed by atoms with van der Waals surface area (Å²) in [5.41, 5.74) is 4.11. The normalized spacial score (nSPS) is 22.4. The zero-order valence-corrected chi connectivity index (χ0v) is 9.72. The van der Waals surface area contributed by atoms with E-state index in [-0.39, 0.29) is 0 Å². The number of hydrogen-bond acceptors (Lipinski definition) is 0. The summed E-state index contributed by atoms with van der Waals surface area (Å²) in [7, 11) is -0.554. The van der Waals surface area contributed by atoms with Gasteiger partial charge in [-0.2, -0.15) is 0 Å². The van der Waals surface area contributed by atoms with Crippen LogP contribution in [0.4, 0.5) is 0 Å². The second-order valence-electron chi connectivity index (χ2n) is 3.81. The SMILES string of the molecule is CCCCCC1=C(C)[SiH](C)C=C1. The van der Waals surface area contributed by atoms with Crippen LogP contribution in [0.2, 0.25) is 6.55 Å². The molecule has 1 heterocycles. The molecule has 0 aromatic rings. The molecule has 1 rings (SSSR count). The van der Waals surface area contributed by atoms with Crippen molar-refractivity contribution in [2.24, 2.45) is 0 Å². The lowest BCUT2D eigenvalue weighted by Gasteiger charge is -2.04. The average Bonchev–Trinajstić information content (AvgIpc) is 2.36. The molecule has 0 radical (unpaired) electrons. The quantitative estimate of drug-likeness (QED) is 0.459. The molecule has 1 atom stereocenters. The summed E-state index contributed by atoms with van der Waals surface area (Å²) in [6.07, 6.45) is 7.81. The van der Waals surface area contributed by atoms with Gasteiger partial charge in [-0.15, -0.1) is 0 Å². The molecule has 0 spiro atoms. The Morgan fingerprint density at radius 1 is 1.33 bits per heavy atom. The van der Waals surface area contributed by atoms with Crippen molar-refractivity contribution in [1.29, 1.82) is 0 Å². The minimum atomic E-state index is -0.554. The molecule has 1 aliphatic heterocycles. The van der Waals surface area contributed by atoms with Crippen LogP contribution in [0.5, 0.6) is 0 Å². The van der Waals surface area contributed by atoms with Gasteiger partial charge in [0.2, 0.25) is 0 Å². The Bertz CT molecular complexity index is 201. The van der Waals surface area contributed by atoms with E-state index >= 15 is 0 Å². The third-order valence-corrected chi connectivity index (χ3v) is 5.33. The molecule has 0 aromatic heterocycles. The van der Waals surface area contributed by atoms with Crippen LogP contribution in [0.1, 0.15) is 39.5 Å². The number of hydrogen-bond donors (Lipinski definition) is 0. The maximum absolute atomic E-state index is 2.45. The standard InChI is InChI=1S/C11H20Si/c1-4-5-6-7-11-8-9-12(3)10(11)2/h8-9,12H,4-7H2,1-3H3. The van der Waals surface area contributed by atoms with Crippen molar-refractivity contribution >= 4 is 8.80 Å². The van der Waals surface area contributed by atoms with Crippen LogP contribution in [0.15, 0.2) is 22.5 Å². The molecule has 1 aliphatic rings. The molecule has 12 heavy (non-hydrogen) atoms. The van der Waals surface area contributed by atoms with E-state index in [1.807, 2.05) is 0 Å². The fourth-order valence-electron chi connectivity index (χ4n) is 1.67. The number of unbranched alkanes of at least 4 members (excludes halogenated alkanes) is 2. The molecule has 68 valence electrons. The molecule has 0 aromatic carbocycles. The highest BCUT2D eigenvalue weighted by molar-refractivity contribution is 6.71. The predicted octanol–water partition coefficient (Wildman–Crippen LogP) is 3.39. The smallest absolute Gasteiger partial charge is 0.0859 e. The third kappa shape index (κ3) is 2.34. The fourth-order valence-corrected chi connectivity index (χ4v) is 3.31. The van der Waals surface area contributed by atoms with E-state index in [4.69, 9.17) is 0 Å². The Morgan fingerprint density at radius 2 is 2.08 bits per heavy atom. The van der Waals surface area contributed by atoms with Crippen molar-refractivity contribution < 1.29 is 0 Å². The zero-order chi connectivity index (χ0) is 8.97. The molecule has 1 heteroatoms. The van der Waals surface area contributed by atoms with Crippen LogP contribution < -0.4 is 0 Å². The van der Waals surface area contributed by atoms with E-state index in [1.54, 1.807) is 10.8 Å². The van der Waals surface area contributed by atoms with Gasteiger partial charge < -0.3 is 0 Å². The first kappa shape index (κ1) is 9.78. The maximum atomic E-state index is 2.45. The number of allylic oxidation sites excluding steroid dienone is 3. The molecule has 0 N–H and O–H groups in total. The van der Waals surface area contributed by atoms with Gasteiger partial charge in [-0.25, -0.2) is 0 Å². The lowest BCUT2D eigenvalue weighted by molar-refractivity contribution is 0.718. The molecule has 0 nitrogen and oxygen atoms in total. The summed E-state index contributed by atoms with van der Waals surface area (Å²) in [5, 5.41) is 1.73. The highest BCUT2D eigenvalue weighted by atomic mass is 28.3. The lowest BCUT2D eigenvalue weighted by Crippen LogP contribution is -2.02. The average molecular weight is 180 g/mol. The van der Waals surface area contributed by atoms with Crippen molar-refractivity contribution in [3.05, 3.63) is 22.5 Å². The first-order valence-electron chi connectivity index (χ1n) is 5.13. The Kier molecular flexibility index (Phi) is 3.80. The van der Waals surface area contributed by atoms with E-state index in [1.165, 1.54) is 25.7 Å². The summed E-state index contributed by atoms with van der Waals surface area (Å²) in [5.74, 6) is 0. The van der Waals surface area contributed by atoms with Gasteiger partial charge in [0.1, 0.15) is 0 Å². The number of rotatable bonds is 4. The highest BCUT2D eigenvalue weighted by Crippen LogP contribution is 2.22. The Morgan fingerprint density at radius 3 is 2.58 bits per heavy atom. The topological polar surface area (TPSA) is 0 Å². The first-order valence-corrected chi connectivity index (χ1v) is 7.53. The fraction of sp³-hybridized carbons (Fsp3) is 0.636. The van der Waals surface area contributed by atoms with Crippen LogP contribution in [0, 0.1) is 0 Å². The van der Waals surface area contributed by atoms with Crippen LogP contribution in [0.3, 0.4) is 0 Å². The summed E-state index contributed by atoms with van der Waals surface area (Å²) >= 11 is 0. The maximum Gasteiger partial charge on any atom is 0.0859 e. The second-order valence-corrected chi connectivity index (χ2v) is 6.64. The third-order valence-electron chi connectivity index (χ3n) is 2.83. The van der Waals surface area contributed by atoms with E-state index in [0.29, 0.717) is 0 Å². The van der Waals surface area contributed by atoms with Gasteiger partial charge in [0.15, 0.2) is 0 Å². The molecular weight excluding hydrogens is 160 g/mol. The van der Waals surface area contributed by atoms with Gasteiger partial charge >= 0.3 is 0 Å². The summed E-state index contributed by atoms with van der Waals surface area (Å²) < 4.78 is 0. The molecule has 0 saturated carbocycles. The zero-order valence-electron chi connectivity index (χ0n) is 8.56. The van der Waals surface area contributed by atoms with Gasteiger partial charge in [-0.1, -0.05) is 48.9 Å². The van der Waals surface area contributed by atoms with Gasteiger partial charge in [0.25, 0.3) is 0 Å². The summed E-state index contributed by atoms with van der Waals surface area (Å²) in [6, 6.07) is 0. The molecule has 0 amide bonds. The van der Waals surface area contributed by atoms with Crippen LogP contribution in [-0.2, 0) is 0 Å². The van der Waals surface area contributed by atoms with Crippen LogP contribution >= 0.6 is 0 Å². The molecule has 1 unspecified atom stereocenters. The van der Waals surface area contributed by atoms with E-state index < -0.39 is 8.80 Å². The summed E-state index contributed by atoms with van der Waals surface area (Å²) in [4.78, 5) is 0. The van der Waals surface area contributed by atoms with Crippen molar-refractivity contribution in [1.82, 2.24) is 0 Å². The van der Waals surface area contributed by atoms with Crippen molar-refractivity contribution in [2.45, 2.75) is 46.1 Å². The van der Waals surface area contributed by atoms with Gasteiger partial charge in [0, 0.05) is 0 Å². The largest absolute Gasteiger partial charge is 0.0932 e. The Labute approximate surface area is 78.0 Å². The lowest BCUT2D eigenvalue weighted by atomic mass is 10.1. The van der Waals surface area contributed by atoms with Crippen LogP contribution in [0.25, 0.3) is 0 Å². The first-order chi connectivity index (χ1) is 5.75. The molecular formula is C11H20Si. The van der Waals surface area contributed by atoms with Gasteiger partial charge in [-0.05, 0) is 19.8 Å². The highest BCUT2D eigenvalue weighted by Gasteiger charge is 2.12. The minimum Gasteiger partial charge on any atom is -0.0932 e. The Hall–Kier alpha value is -0.303. The predicted molar refractivity (Wildman–Crippen MR) is 59.0 cm³/mol.